The van der Waals surface area contributed by atoms with E-state index in [9.17, 15) is 26.4 Å². The Hall–Kier alpha value is -1.77. The minimum absolute atomic E-state index is 0.00586. The first-order valence-electron chi connectivity index (χ1n) is 7.52. The largest absolute Gasteiger partial charge is 0.416 e. The highest BCUT2D eigenvalue weighted by Gasteiger charge is 2.30. The Labute approximate surface area is 139 Å². The summed E-state index contributed by atoms with van der Waals surface area (Å²) in [6.45, 7) is 1.23. The predicted molar refractivity (Wildman–Crippen MR) is 84.1 cm³/mol. The predicted octanol–water partition coefficient (Wildman–Crippen LogP) is 2.48. The minimum atomic E-state index is -4.49. The molecule has 5 nitrogen and oxygen atoms in total. The second-order valence-corrected chi connectivity index (χ2v) is 7.62. The van der Waals surface area contributed by atoms with E-state index in [1.807, 2.05) is 0 Å². The van der Waals surface area contributed by atoms with E-state index >= 15 is 0 Å². The number of carbonyl (C=O) groups excluding carboxylic acids is 1. The number of hydrogen-bond acceptors (Lipinski definition) is 3. The highest BCUT2D eigenvalue weighted by molar-refractivity contribution is 7.92. The Morgan fingerprint density at radius 2 is 1.71 bits per heavy atom. The summed E-state index contributed by atoms with van der Waals surface area (Å²) in [6, 6.07) is 3.86. The van der Waals surface area contributed by atoms with Gasteiger partial charge in [0.05, 0.1) is 17.5 Å². The topological polar surface area (TPSA) is 57.7 Å². The van der Waals surface area contributed by atoms with Gasteiger partial charge >= 0.3 is 6.18 Å². The summed E-state index contributed by atoms with van der Waals surface area (Å²) in [6.07, 6.45) is -1.67. The van der Waals surface area contributed by atoms with Crippen LogP contribution in [-0.4, -0.2) is 45.1 Å². The van der Waals surface area contributed by atoms with Crippen LogP contribution in [0.3, 0.4) is 0 Å². The van der Waals surface area contributed by atoms with Crippen LogP contribution < -0.4 is 4.31 Å². The number of benzene rings is 1. The maximum atomic E-state index is 12.6. The molecule has 1 aliphatic heterocycles. The number of rotatable bonds is 5. The van der Waals surface area contributed by atoms with Gasteiger partial charge in [-0.2, -0.15) is 13.2 Å². The lowest BCUT2D eigenvalue weighted by Gasteiger charge is -2.24. The number of alkyl halides is 3. The van der Waals surface area contributed by atoms with Crippen LogP contribution in [0, 0.1) is 0 Å². The van der Waals surface area contributed by atoms with Crippen molar-refractivity contribution in [2.75, 3.05) is 30.2 Å². The number of sulfonamides is 1. The smallest absolute Gasteiger partial charge is 0.343 e. The number of hydrogen-bond donors (Lipinski definition) is 0. The van der Waals surface area contributed by atoms with Gasteiger partial charge in [-0.1, -0.05) is 0 Å². The first kappa shape index (κ1) is 18.6. The third-order valence-corrected chi connectivity index (χ3v) is 5.06. The molecule has 1 aromatic rings. The van der Waals surface area contributed by atoms with Crippen molar-refractivity contribution in [3.63, 3.8) is 0 Å². The average Bonchev–Trinajstić information content (AvgIpc) is 2.99. The Balaban J connectivity index is 2.12. The molecule has 1 amide bonds. The van der Waals surface area contributed by atoms with E-state index in [0.29, 0.717) is 13.1 Å². The van der Waals surface area contributed by atoms with E-state index < -0.39 is 21.8 Å². The third kappa shape index (κ3) is 4.62. The minimum Gasteiger partial charge on any atom is -0.343 e. The van der Waals surface area contributed by atoms with E-state index in [2.05, 4.69) is 0 Å². The monoisotopic (exact) mass is 364 g/mol. The zero-order chi connectivity index (χ0) is 18.0. The van der Waals surface area contributed by atoms with Crippen LogP contribution >= 0.6 is 0 Å². The van der Waals surface area contributed by atoms with Crippen LogP contribution in [0.5, 0.6) is 0 Å². The number of halogens is 3. The molecule has 1 aromatic carbocycles. The second-order valence-electron chi connectivity index (χ2n) is 5.72. The summed E-state index contributed by atoms with van der Waals surface area (Å²) in [4.78, 5) is 13.7. The fourth-order valence-electron chi connectivity index (χ4n) is 2.62. The summed E-state index contributed by atoms with van der Waals surface area (Å²) in [5.74, 6) is -0.145. The third-order valence-electron chi connectivity index (χ3n) is 3.87. The molecule has 0 atom stereocenters. The van der Waals surface area contributed by atoms with Crippen LogP contribution in [-0.2, 0) is 21.0 Å². The van der Waals surface area contributed by atoms with Gasteiger partial charge in [0.1, 0.15) is 0 Å². The molecule has 1 fully saturated rings. The Morgan fingerprint density at radius 1 is 1.17 bits per heavy atom. The van der Waals surface area contributed by atoms with Gasteiger partial charge in [0, 0.05) is 26.1 Å². The van der Waals surface area contributed by atoms with Crippen molar-refractivity contribution >= 4 is 21.6 Å². The number of carbonyl (C=O) groups is 1. The standard InChI is InChI=1S/C15H19F3N2O3S/c1-24(22,23)20(11-8-14(21)19-9-2-3-10-19)13-6-4-12(5-7-13)15(16,17)18/h4-7H,2-3,8-11H2,1H3. The molecule has 134 valence electrons. The van der Waals surface area contributed by atoms with Crippen LogP contribution in [0.15, 0.2) is 24.3 Å². The molecule has 0 saturated carbocycles. The van der Waals surface area contributed by atoms with Crippen LogP contribution in [0.4, 0.5) is 18.9 Å². The Bertz CT molecular complexity index is 681. The van der Waals surface area contributed by atoms with E-state index in [1.165, 1.54) is 0 Å². The van der Waals surface area contributed by atoms with Crippen LogP contribution in [0.25, 0.3) is 0 Å². The zero-order valence-corrected chi connectivity index (χ0v) is 14.0. The zero-order valence-electron chi connectivity index (χ0n) is 13.2. The van der Waals surface area contributed by atoms with Crippen molar-refractivity contribution in [1.29, 1.82) is 0 Å². The first-order valence-corrected chi connectivity index (χ1v) is 9.36. The summed E-state index contributed by atoms with van der Waals surface area (Å²) in [5, 5.41) is 0. The molecule has 0 unspecified atom stereocenters. The van der Waals surface area contributed by atoms with Gasteiger partial charge in [-0.05, 0) is 37.1 Å². The average molecular weight is 364 g/mol. The maximum Gasteiger partial charge on any atom is 0.416 e. The number of amides is 1. The highest BCUT2D eigenvalue weighted by atomic mass is 32.2. The molecule has 9 heteroatoms. The molecule has 0 aromatic heterocycles. The number of anilines is 1. The van der Waals surface area contributed by atoms with Gasteiger partial charge in [-0.25, -0.2) is 8.42 Å². The number of likely N-dealkylation sites (tertiary alicyclic amines) is 1. The van der Waals surface area contributed by atoms with Crippen molar-refractivity contribution in [1.82, 2.24) is 4.90 Å². The lowest BCUT2D eigenvalue weighted by atomic mass is 10.2. The quantitative estimate of drug-likeness (QED) is 0.807. The SMILES string of the molecule is CS(=O)(=O)N(CCC(=O)N1CCCC1)c1ccc(C(F)(F)F)cc1. The highest BCUT2D eigenvalue weighted by Crippen LogP contribution is 2.31. The summed E-state index contributed by atoms with van der Waals surface area (Å²) in [7, 11) is -3.70. The lowest BCUT2D eigenvalue weighted by molar-refractivity contribution is -0.137. The lowest BCUT2D eigenvalue weighted by Crippen LogP contribution is -2.35. The van der Waals surface area contributed by atoms with Gasteiger partial charge in [0.2, 0.25) is 15.9 Å². The molecule has 24 heavy (non-hydrogen) atoms. The van der Waals surface area contributed by atoms with E-state index in [-0.39, 0.29) is 24.6 Å². The second kappa shape index (κ2) is 7.00. The Morgan fingerprint density at radius 3 is 2.17 bits per heavy atom. The summed E-state index contributed by atoms with van der Waals surface area (Å²) >= 11 is 0. The van der Waals surface area contributed by atoms with Gasteiger partial charge in [-0.3, -0.25) is 9.10 Å². The van der Waals surface area contributed by atoms with E-state index in [4.69, 9.17) is 0 Å². The summed E-state index contributed by atoms with van der Waals surface area (Å²) < 4.78 is 62.6. The normalized spacial score (nSPS) is 15.6. The molecule has 1 heterocycles. The van der Waals surface area contributed by atoms with E-state index in [1.54, 1.807) is 4.90 Å². The molecule has 2 rings (SSSR count). The molecular formula is C15H19F3N2O3S. The molecule has 0 spiro atoms. The molecule has 0 radical (unpaired) electrons. The summed E-state index contributed by atoms with van der Waals surface area (Å²) in [5.41, 5.74) is -0.743. The van der Waals surface area contributed by atoms with E-state index in [0.717, 1.165) is 47.7 Å². The molecular weight excluding hydrogens is 345 g/mol. The van der Waals surface area contributed by atoms with Crippen LogP contribution in [0.1, 0.15) is 24.8 Å². The van der Waals surface area contributed by atoms with Crippen LogP contribution in [0.2, 0.25) is 0 Å². The van der Waals surface area contributed by atoms with Crippen molar-refractivity contribution < 1.29 is 26.4 Å². The molecule has 0 bridgehead atoms. The molecule has 0 N–H and O–H groups in total. The van der Waals surface area contributed by atoms with Gasteiger partial charge in [0.15, 0.2) is 0 Å². The fraction of sp³-hybridized carbons (Fsp3) is 0.533. The van der Waals surface area contributed by atoms with Gasteiger partial charge < -0.3 is 4.90 Å². The fourth-order valence-corrected chi connectivity index (χ4v) is 3.55. The van der Waals surface area contributed by atoms with Crippen molar-refractivity contribution in [3.8, 4) is 0 Å². The van der Waals surface area contributed by atoms with Crippen molar-refractivity contribution in [3.05, 3.63) is 29.8 Å². The molecule has 1 aliphatic rings. The van der Waals surface area contributed by atoms with Crippen molar-refractivity contribution in [2.45, 2.75) is 25.4 Å². The van der Waals surface area contributed by atoms with Gasteiger partial charge in [0.25, 0.3) is 0 Å². The first-order chi connectivity index (χ1) is 11.1. The molecule has 1 saturated heterocycles. The van der Waals surface area contributed by atoms with Crippen molar-refractivity contribution in [2.24, 2.45) is 0 Å². The maximum absolute atomic E-state index is 12.6. The Kier molecular flexibility index (Phi) is 5.42. The number of nitrogens with zero attached hydrogens (tertiary/aromatic N) is 2. The molecule has 0 aliphatic carbocycles. The van der Waals surface area contributed by atoms with Gasteiger partial charge in [-0.15, -0.1) is 0 Å².